The van der Waals surface area contributed by atoms with Crippen LogP contribution in [0.3, 0.4) is 0 Å². The summed E-state index contributed by atoms with van der Waals surface area (Å²) in [6.07, 6.45) is -4.90. The number of halogens is 4. The number of carbonyl (C=O) groups is 1. The third-order valence-corrected chi connectivity index (χ3v) is 3.21. The number of hydrogen-bond donors (Lipinski definition) is 0. The van der Waals surface area contributed by atoms with E-state index in [1.807, 2.05) is 0 Å². The van der Waals surface area contributed by atoms with E-state index < -0.39 is 24.7 Å². The Morgan fingerprint density at radius 1 is 1.38 bits per heavy atom. The molecule has 2 unspecified atom stereocenters. The summed E-state index contributed by atoms with van der Waals surface area (Å²) in [6.45, 7) is 2.33. The van der Waals surface area contributed by atoms with Crippen LogP contribution in [0.25, 0.3) is 0 Å². The van der Waals surface area contributed by atoms with E-state index in [1.165, 1.54) is 0 Å². The summed E-state index contributed by atoms with van der Waals surface area (Å²) in [5.74, 6) is -3.64. The van der Waals surface area contributed by atoms with Crippen LogP contribution < -0.4 is 0 Å². The quantitative estimate of drug-likeness (QED) is 0.512. The van der Waals surface area contributed by atoms with Gasteiger partial charge in [0.05, 0.1) is 0 Å². The average Bonchev–Trinajstić information content (AvgIpc) is 2.23. The summed E-state index contributed by atoms with van der Waals surface area (Å²) >= 11 is 0.993. The SMILES string of the molecule is CCC(=O)SCCCC(F)C(F)(F)C(C)F. The van der Waals surface area contributed by atoms with Gasteiger partial charge in [-0.25, -0.2) is 17.6 Å². The monoisotopic (exact) mass is 260 g/mol. The smallest absolute Gasteiger partial charge is 0.287 e. The first-order chi connectivity index (χ1) is 7.32. The van der Waals surface area contributed by atoms with Gasteiger partial charge in [-0.05, 0) is 19.8 Å². The van der Waals surface area contributed by atoms with Gasteiger partial charge in [-0.3, -0.25) is 4.79 Å². The van der Waals surface area contributed by atoms with E-state index in [-0.39, 0.29) is 11.5 Å². The van der Waals surface area contributed by atoms with Gasteiger partial charge in [0.15, 0.2) is 17.5 Å². The van der Waals surface area contributed by atoms with E-state index in [2.05, 4.69) is 0 Å². The Morgan fingerprint density at radius 2 is 1.94 bits per heavy atom. The minimum Gasteiger partial charge on any atom is -0.287 e. The molecule has 0 N–H and O–H groups in total. The van der Waals surface area contributed by atoms with Crippen LogP contribution in [0.2, 0.25) is 0 Å². The van der Waals surface area contributed by atoms with Crippen molar-refractivity contribution >= 4 is 16.9 Å². The normalized spacial score (nSPS) is 15.9. The number of carbonyl (C=O) groups excluding carboxylic acids is 1. The van der Waals surface area contributed by atoms with E-state index in [0.717, 1.165) is 11.8 Å². The van der Waals surface area contributed by atoms with Crippen LogP contribution in [0.5, 0.6) is 0 Å². The highest BCUT2D eigenvalue weighted by Gasteiger charge is 2.45. The van der Waals surface area contributed by atoms with Crippen molar-refractivity contribution in [3.05, 3.63) is 0 Å². The predicted molar refractivity (Wildman–Crippen MR) is 57.4 cm³/mol. The highest BCUT2D eigenvalue weighted by molar-refractivity contribution is 8.13. The lowest BCUT2D eigenvalue weighted by atomic mass is 10.1. The molecule has 0 aromatic rings. The first-order valence-electron chi connectivity index (χ1n) is 5.13. The average molecular weight is 260 g/mol. The third kappa shape index (κ3) is 5.18. The van der Waals surface area contributed by atoms with E-state index in [9.17, 15) is 22.4 Å². The van der Waals surface area contributed by atoms with Gasteiger partial charge in [0, 0.05) is 12.2 Å². The molecule has 0 aromatic carbocycles. The lowest BCUT2D eigenvalue weighted by Gasteiger charge is -2.21. The van der Waals surface area contributed by atoms with E-state index in [1.54, 1.807) is 6.92 Å². The molecule has 0 aromatic heterocycles. The molecule has 0 aliphatic carbocycles. The molecule has 2 atom stereocenters. The zero-order valence-electron chi connectivity index (χ0n) is 9.31. The number of hydrogen-bond acceptors (Lipinski definition) is 2. The molecular weight excluding hydrogens is 244 g/mol. The maximum absolute atomic E-state index is 13.0. The van der Waals surface area contributed by atoms with E-state index in [0.29, 0.717) is 19.1 Å². The molecule has 0 amide bonds. The molecule has 0 spiro atoms. The fourth-order valence-corrected chi connectivity index (χ4v) is 1.74. The van der Waals surface area contributed by atoms with Crippen molar-refractivity contribution in [2.45, 2.75) is 51.4 Å². The molecule has 0 saturated heterocycles. The van der Waals surface area contributed by atoms with Crippen molar-refractivity contribution in [2.75, 3.05) is 5.75 Å². The van der Waals surface area contributed by atoms with Gasteiger partial charge < -0.3 is 0 Å². The molecule has 16 heavy (non-hydrogen) atoms. The Morgan fingerprint density at radius 3 is 2.38 bits per heavy atom. The van der Waals surface area contributed by atoms with Crippen molar-refractivity contribution in [3.63, 3.8) is 0 Å². The van der Waals surface area contributed by atoms with Crippen molar-refractivity contribution in [1.82, 2.24) is 0 Å². The second kappa shape index (κ2) is 7.14. The molecule has 0 heterocycles. The maximum Gasteiger partial charge on any atom is 0.308 e. The Bertz CT molecular complexity index is 221. The molecule has 1 nitrogen and oxygen atoms in total. The second-order valence-electron chi connectivity index (χ2n) is 3.47. The number of rotatable bonds is 7. The minimum atomic E-state index is -3.93. The fourth-order valence-electron chi connectivity index (χ4n) is 0.992. The van der Waals surface area contributed by atoms with Crippen molar-refractivity contribution < 1.29 is 22.4 Å². The lowest BCUT2D eigenvalue weighted by Crippen LogP contribution is -2.38. The minimum absolute atomic E-state index is 0.0546. The third-order valence-electron chi connectivity index (χ3n) is 2.10. The van der Waals surface area contributed by atoms with Crippen LogP contribution in [-0.4, -0.2) is 29.1 Å². The molecule has 0 rings (SSSR count). The molecule has 96 valence electrons. The second-order valence-corrected chi connectivity index (χ2v) is 4.63. The first kappa shape index (κ1) is 15.7. The number of thioether (sulfide) groups is 1. The predicted octanol–water partition coefficient (Wildman–Crippen LogP) is 3.77. The van der Waals surface area contributed by atoms with Crippen LogP contribution in [0.4, 0.5) is 17.6 Å². The lowest BCUT2D eigenvalue weighted by molar-refractivity contribution is -0.123. The van der Waals surface area contributed by atoms with Gasteiger partial charge in [-0.2, -0.15) is 0 Å². The van der Waals surface area contributed by atoms with E-state index >= 15 is 0 Å². The summed E-state index contributed by atoms with van der Waals surface area (Å²) in [5.41, 5.74) is 0. The summed E-state index contributed by atoms with van der Waals surface area (Å²) in [7, 11) is 0. The molecule has 0 saturated carbocycles. The fraction of sp³-hybridized carbons (Fsp3) is 0.900. The molecule has 0 aliphatic heterocycles. The van der Waals surface area contributed by atoms with Gasteiger partial charge in [-0.15, -0.1) is 0 Å². The Hall–Kier alpha value is -0.260. The topological polar surface area (TPSA) is 17.1 Å². The molecular formula is C10H16F4OS. The van der Waals surface area contributed by atoms with Crippen LogP contribution in [-0.2, 0) is 4.79 Å². The largest absolute Gasteiger partial charge is 0.308 e. The summed E-state index contributed by atoms with van der Waals surface area (Å²) in [4.78, 5) is 10.8. The standard InChI is InChI=1S/C10H16F4OS/c1-3-9(15)16-6-4-5-8(12)10(13,14)7(2)11/h7-8H,3-6H2,1-2H3. The highest BCUT2D eigenvalue weighted by atomic mass is 32.2. The van der Waals surface area contributed by atoms with Crippen LogP contribution >= 0.6 is 11.8 Å². The summed E-state index contributed by atoms with van der Waals surface area (Å²) in [6, 6.07) is 0. The Kier molecular flexibility index (Phi) is 7.03. The molecule has 6 heteroatoms. The zero-order chi connectivity index (χ0) is 12.8. The van der Waals surface area contributed by atoms with Crippen molar-refractivity contribution in [1.29, 1.82) is 0 Å². The Balaban J connectivity index is 3.81. The Labute approximate surface area is 97.0 Å². The van der Waals surface area contributed by atoms with Gasteiger partial charge in [0.1, 0.15) is 0 Å². The zero-order valence-corrected chi connectivity index (χ0v) is 10.1. The van der Waals surface area contributed by atoms with Crippen molar-refractivity contribution in [2.24, 2.45) is 0 Å². The van der Waals surface area contributed by atoms with Gasteiger partial charge in [-0.1, -0.05) is 18.7 Å². The van der Waals surface area contributed by atoms with Crippen LogP contribution in [0, 0.1) is 0 Å². The molecule has 0 radical (unpaired) electrons. The van der Waals surface area contributed by atoms with E-state index in [4.69, 9.17) is 0 Å². The summed E-state index contributed by atoms with van der Waals surface area (Å²) < 4.78 is 50.9. The van der Waals surface area contributed by atoms with Gasteiger partial charge in [0.2, 0.25) is 0 Å². The molecule has 0 bridgehead atoms. The van der Waals surface area contributed by atoms with Crippen molar-refractivity contribution in [3.8, 4) is 0 Å². The van der Waals surface area contributed by atoms with Gasteiger partial charge in [0.25, 0.3) is 0 Å². The van der Waals surface area contributed by atoms with Gasteiger partial charge >= 0.3 is 5.92 Å². The summed E-state index contributed by atoms with van der Waals surface area (Å²) in [5, 5.41) is -0.0546. The van der Waals surface area contributed by atoms with Crippen LogP contribution in [0.15, 0.2) is 0 Å². The maximum atomic E-state index is 13.0. The first-order valence-corrected chi connectivity index (χ1v) is 6.12. The number of alkyl halides is 4. The highest BCUT2D eigenvalue weighted by Crippen LogP contribution is 2.30. The molecule has 0 aliphatic rings. The van der Waals surface area contributed by atoms with Crippen LogP contribution in [0.1, 0.15) is 33.1 Å². The molecule has 0 fully saturated rings.